The maximum atomic E-state index is 12.6. The zero-order valence-corrected chi connectivity index (χ0v) is 14.2. The lowest BCUT2D eigenvalue weighted by Gasteiger charge is -2.10. The van der Waals surface area contributed by atoms with Gasteiger partial charge in [0, 0.05) is 17.7 Å². The van der Waals surface area contributed by atoms with E-state index in [1.54, 1.807) is 0 Å². The largest absolute Gasteiger partial charge is 0.489 e. The first kappa shape index (κ1) is 17.8. The molecule has 7 nitrogen and oxygen atoms in total. The first-order valence-electron chi connectivity index (χ1n) is 8.27. The van der Waals surface area contributed by atoms with Gasteiger partial charge in [0.15, 0.2) is 0 Å². The van der Waals surface area contributed by atoms with Gasteiger partial charge >= 0.3 is 7.12 Å². The van der Waals surface area contributed by atoms with Crippen molar-refractivity contribution in [2.45, 2.75) is 19.9 Å². The van der Waals surface area contributed by atoms with E-state index in [1.165, 1.54) is 18.2 Å². The number of fused-ring (bicyclic) bond motifs is 1. The number of nitrogens with one attached hydrogen (secondary N) is 1. The number of imidazole rings is 1. The lowest BCUT2D eigenvalue weighted by atomic mass is 9.77. The van der Waals surface area contributed by atoms with E-state index in [-0.39, 0.29) is 16.6 Å². The quantitative estimate of drug-likeness (QED) is 0.457. The third kappa shape index (κ3) is 3.37. The first-order chi connectivity index (χ1) is 12.5. The van der Waals surface area contributed by atoms with Crippen LogP contribution in [0.2, 0.25) is 0 Å². The molecule has 0 bridgehead atoms. The molecular formula is C18H18BN3O4. The SMILES string of the molecule is CCCn1c(NC(=O)c2ccc(B(O)O)c(C=O)c2)nc2ccccc21. The molecule has 1 heterocycles. The highest BCUT2D eigenvalue weighted by Crippen LogP contribution is 2.20. The summed E-state index contributed by atoms with van der Waals surface area (Å²) in [4.78, 5) is 28.2. The summed E-state index contributed by atoms with van der Waals surface area (Å²) in [5.41, 5.74) is 2.04. The number of aldehydes is 1. The van der Waals surface area contributed by atoms with Crippen LogP contribution >= 0.6 is 0 Å². The van der Waals surface area contributed by atoms with Crippen LogP contribution in [-0.2, 0) is 6.54 Å². The van der Waals surface area contributed by atoms with Crippen molar-refractivity contribution in [1.29, 1.82) is 0 Å². The van der Waals surface area contributed by atoms with Crippen molar-refractivity contribution in [3.63, 3.8) is 0 Å². The monoisotopic (exact) mass is 351 g/mol. The Kier molecular flexibility index (Phi) is 5.15. The van der Waals surface area contributed by atoms with Crippen molar-refractivity contribution in [3.8, 4) is 0 Å². The predicted molar refractivity (Wildman–Crippen MR) is 99.6 cm³/mol. The molecule has 1 aromatic heterocycles. The standard InChI is InChI=1S/C18H18BN3O4/c1-2-9-22-16-6-4-3-5-15(16)20-18(22)21-17(24)12-7-8-14(19(25)26)13(10-12)11-23/h3-8,10-11,25-26H,2,9H2,1H3,(H,20,21,24). The highest BCUT2D eigenvalue weighted by atomic mass is 16.4. The van der Waals surface area contributed by atoms with Crippen molar-refractivity contribution in [3.05, 3.63) is 53.6 Å². The number of anilines is 1. The van der Waals surface area contributed by atoms with Crippen molar-refractivity contribution in [2.24, 2.45) is 0 Å². The fourth-order valence-electron chi connectivity index (χ4n) is 2.85. The van der Waals surface area contributed by atoms with Gasteiger partial charge in [0.05, 0.1) is 11.0 Å². The highest BCUT2D eigenvalue weighted by molar-refractivity contribution is 6.60. The van der Waals surface area contributed by atoms with E-state index in [2.05, 4.69) is 10.3 Å². The van der Waals surface area contributed by atoms with Crippen molar-refractivity contribution in [2.75, 3.05) is 5.32 Å². The number of para-hydroxylation sites is 2. The minimum Gasteiger partial charge on any atom is -0.423 e. The molecule has 0 aliphatic rings. The van der Waals surface area contributed by atoms with Crippen LogP contribution in [0.4, 0.5) is 5.95 Å². The second-order valence-corrected chi connectivity index (χ2v) is 5.87. The van der Waals surface area contributed by atoms with Gasteiger partial charge in [0.2, 0.25) is 5.95 Å². The van der Waals surface area contributed by atoms with Gasteiger partial charge in [-0.25, -0.2) is 4.98 Å². The zero-order chi connectivity index (χ0) is 18.7. The minimum absolute atomic E-state index is 0.0507. The molecular weight excluding hydrogens is 333 g/mol. The lowest BCUT2D eigenvalue weighted by Crippen LogP contribution is -2.33. The van der Waals surface area contributed by atoms with E-state index in [1.807, 2.05) is 35.8 Å². The highest BCUT2D eigenvalue weighted by Gasteiger charge is 2.19. The average molecular weight is 351 g/mol. The molecule has 1 amide bonds. The van der Waals surface area contributed by atoms with Crippen LogP contribution in [0.15, 0.2) is 42.5 Å². The second-order valence-electron chi connectivity index (χ2n) is 5.87. The van der Waals surface area contributed by atoms with Gasteiger partial charge in [-0.2, -0.15) is 0 Å². The number of rotatable bonds is 6. The summed E-state index contributed by atoms with van der Waals surface area (Å²) in [5, 5.41) is 21.3. The van der Waals surface area contributed by atoms with Gasteiger partial charge < -0.3 is 14.6 Å². The number of hydrogen-bond donors (Lipinski definition) is 3. The number of carbonyl (C=O) groups is 2. The summed E-state index contributed by atoms with van der Waals surface area (Å²) in [5.74, 6) is -0.00305. The summed E-state index contributed by atoms with van der Waals surface area (Å²) in [6.07, 6.45) is 1.36. The van der Waals surface area contributed by atoms with Gasteiger partial charge in [-0.15, -0.1) is 0 Å². The van der Waals surface area contributed by atoms with E-state index in [4.69, 9.17) is 0 Å². The Balaban J connectivity index is 1.94. The molecule has 3 N–H and O–H groups in total. The summed E-state index contributed by atoms with van der Waals surface area (Å²) in [7, 11) is -1.78. The first-order valence-corrected chi connectivity index (χ1v) is 8.27. The van der Waals surface area contributed by atoms with E-state index in [0.717, 1.165) is 17.5 Å². The Morgan fingerprint density at radius 3 is 2.73 bits per heavy atom. The molecule has 0 aliphatic carbocycles. The fraction of sp³-hybridized carbons (Fsp3) is 0.167. The molecule has 0 atom stereocenters. The minimum atomic E-state index is -1.78. The van der Waals surface area contributed by atoms with E-state index in [9.17, 15) is 19.6 Å². The summed E-state index contributed by atoms with van der Waals surface area (Å²) >= 11 is 0. The smallest absolute Gasteiger partial charge is 0.423 e. The Bertz CT molecular complexity index is 968. The molecule has 8 heteroatoms. The molecule has 0 fully saturated rings. The van der Waals surface area contributed by atoms with Crippen LogP contribution in [-0.4, -0.2) is 38.9 Å². The Labute approximate surface area is 150 Å². The second kappa shape index (κ2) is 7.51. The van der Waals surface area contributed by atoms with E-state index >= 15 is 0 Å². The van der Waals surface area contributed by atoms with E-state index < -0.39 is 13.0 Å². The summed E-state index contributed by atoms with van der Waals surface area (Å²) < 4.78 is 1.93. The van der Waals surface area contributed by atoms with Crippen LogP contribution in [0.5, 0.6) is 0 Å². The number of carbonyl (C=O) groups excluding carboxylic acids is 2. The van der Waals surface area contributed by atoms with E-state index in [0.29, 0.717) is 18.8 Å². The molecule has 132 valence electrons. The molecule has 0 aliphatic heterocycles. The summed E-state index contributed by atoms with van der Waals surface area (Å²) in [6, 6.07) is 11.7. The Hall–Kier alpha value is -2.97. The van der Waals surface area contributed by atoms with Gasteiger partial charge in [0.1, 0.15) is 6.29 Å². The lowest BCUT2D eigenvalue weighted by molar-refractivity contribution is 0.102. The number of benzene rings is 2. The topological polar surface area (TPSA) is 104 Å². The maximum Gasteiger partial charge on any atom is 0.489 e. The van der Waals surface area contributed by atoms with Gasteiger partial charge in [-0.05, 0) is 36.1 Å². The van der Waals surface area contributed by atoms with Crippen LogP contribution in [0.3, 0.4) is 0 Å². The number of amides is 1. The molecule has 3 rings (SSSR count). The average Bonchev–Trinajstić information content (AvgIpc) is 2.98. The van der Waals surface area contributed by atoms with Crippen LogP contribution in [0.1, 0.15) is 34.1 Å². The number of hydrogen-bond acceptors (Lipinski definition) is 5. The van der Waals surface area contributed by atoms with Crippen LogP contribution < -0.4 is 10.8 Å². The Morgan fingerprint density at radius 1 is 1.27 bits per heavy atom. The number of aryl methyl sites for hydroxylation is 1. The molecule has 0 spiro atoms. The molecule has 26 heavy (non-hydrogen) atoms. The van der Waals surface area contributed by atoms with Crippen LogP contribution in [0, 0.1) is 0 Å². The zero-order valence-electron chi connectivity index (χ0n) is 14.2. The molecule has 3 aromatic rings. The fourth-order valence-corrected chi connectivity index (χ4v) is 2.85. The van der Waals surface area contributed by atoms with Gasteiger partial charge in [0.25, 0.3) is 5.91 Å². The summed E-state index contributed by atoms with van der Waals surface area (Å²) in [6.45, 7) is 2.74. The van der Waals surface area contributed by atoms with Crippen molar-refractivity contribution < 1.29 is 19.6 Å². The predicted octanol–water partition coefficient (Wildman–Crippen LogP) is 1.19. The third-order valence-corrected chi connectivity index (χ3v) is 4.08. The van der Waals surface area contributed by atoms with Crippen LogP contribution in [0.25, 0.3) is 11.0 Å². The molecule has 0 saturated carbocycles. The third-order valence-electron chi connectivity index (χ3n) is 4.08. The Morgan fingerprint density at radius 2 is 2.04 bits per heavy atom. The number of nitrogens with zero attached hydrogens (tertiary/aromatic N) is 2. The molecule has 0 saturated heterocycles. The molecule has 0 unspecified atom stereocenters. The van der Waals surface area contributed by atoms with Gasteiger partial charge in [-0.1, -0.05) is 25.1 Å². The normalized spacial score (nSPS) is 10.7. The van der Waals surface area contributed by atoms with Gasteiger partial charge in [-0.3, -0.25) is 14.9 Å². The number of aromatic nitrogens is 2. The molecule has 0 radical (unpaired) electrons. The van der Waals surface area contributed by atoms with Crippen molar-refractivity contribution in [1.82, 2.24) is 9.55 Å². The van der Waals surface area contributed by atoms with Crippen molar-refractivity contribution >= 4 is 41.8 Å². The molecule has 2 aromatic carbocycles. The maximum absolute atomic E-state index is 12.6.